The molecule has 0 saturated carbocycles. The molecule has 11 heteroatoms. The molecule has 1 aromatic heterocycles. The van der Waals surface area contributed by atoms with Gasteiger partial charge < -0.3 is 9.47 Å². The van der Waals surface area contributed by atoms with Crippen LogP contribution in [0.3, 0.4) is 0 Å². The lowest BCUT2D eigenvalue weighted by molar-refractivity contribution is 0.181. The van der Waals surface area contributed by atoms with E-state index in [0.717, 1.165) is 32.5 Å². The molecule has 43 heavy (non-hydrogen) atoms. The Labute approximate surface area is 264 Å². The fraction of sp³-hybridized carbons (Fsp3) is 0.0938. The second-order valence-corrected chi connectivity index (χ2v) is 11.6. The zero-order chi connectivity index (χ0) is 29.8. The minimum Gasteiger partial charge on any atom is -0.457 e. The van der Waals surface area contributed by atoms with E-state index < -0.39 is 0 Å². The second-order valence-electron chi connectivity index (χ2n) is 9.46. The number of nitrogens with zero attached hydrogens (tertiary/aromatic N) is 4. The number of hydrogen-bond donors (Lipinski definition) is 0. The first kappa shape index (κ1) is 28.9. The zero-order valence-corrected chi connectivity index (χ0v) is 25.7. The molecule has 0 atom stereocenters. The van der Waals surface area contributed by atoms with E-state index >= 15 is 0 Å². The van der Waals surface area contributed by atoms with Gasteiger partial charge in [0.1, 0.15) is 23.9 Å². The van der Waals surface area contributed by atoms with Gasteiger partial charge in [0.25, 0.3) is 0 Å². The number of aromatic nitrogens is 1. The SMILES string of the molecule is O=C1OCCN1c1ccc(-c2csc(=NCc3ccc(F)cc3)n2/N=C/c2ccc(Br)cc2Oc2cccc(Cl)c2)cc1. The molecule has 0 radical (unpaired) electrons. The third-order valence-corrected chi connectivity index (χ3v) is 8.13. The molecule has 0 N–H and O–H groups in total. The smallest absolute Gasteiger partial charge is 0.414 e. The van der Waals surface area contributed by atoms with Crippen molar-refractivity contribution in [1.29, 1.82) is 0 Å². The maximum Gasteiger partial charge on any atom is 0.414 e. The van der Waals surface area contributed by atoms with E-state index in [4.69, 9.17) is 31.2 Å². The summed E-state index contributed by atoms with van der Waals surface area (Å²) < 4.78 is 27.3. The van der Waals surface area contributed by atoms with Crippen LogP contribution in [0.5, 0.6) is 11.5 Å². The molecule has 1 aliphatic rings. The van der Waals surface area contributed by atoms with Gasteiger partial charge in [0, 0.05) is 31.7 Å². The number of thiazole rings is 1. The highest BCUT2D eigenvalue weighted by molar-refractivity contribution is 9.10. The van der Waals surface area contributed by atoms with Crippen LogP contribution in [-0.4, -0.2) is 30.1 Å². The molecule has 0 bridgehead atoms. The molecule has 0 unspecified atom stereocenters. The van der Waals surface area contributed by atoms with Crippen LogP contribution in [0.2, 0.25) is 5.02 Å². The highest BCUT2D eigenvalue weighted by Gasteiger charge is 2.23. The number of amides is 1. The Hall–Kier alpha value is -4.25. The molecule has 1 aliphatic heterocycles. The molecule has 1 saturated heterocycles. The quantitative estimate of drug-likeness (QED) is 0.155. The van der Waals surface area contributed by atoms with Gasteiger partial charge in [-0.1, -0.05) is 57.9 Å². The molecule has 0 spiro atoms. The number of halogens is 3. The standard InChI is InChI=1S/C32H23BrClFN4O3S/c33-24-9-6-23(30(16-24)42-28-3-1-2-25(34)17-28)19-37-39-29(20-43-31(39)36-18-21-4-10-26(35)11-5-21)22-7-12-27(13-8-22)38-14-15-41-32(38)40/h1-13,16-17,19-20H,14-15,18H2/b36-31?,37-19+. The fourth-order valence-electron chi connectivity index (χ4n) is 4.39. The second kappa shape index (κ2) is 12.9. The summed E-state index contributed by atoms with van der Waals surface area (Å²) >= 11 is 11.1. The zero-order valence-electron chi connectivity index (χ0n) is 22.5. The van der Waals surface area contributed by atoms with Crippen LogP contribution in [0.1, 0.15) is 11.1 Å². The van der Waals surface area contributed by atoms with Gasteiger partial charge in [-0.15, -0.1) is 11.3 Å². The maximum absolute atomic E-state index is 13.4. The maximum atomic E-state index is 13.4. The lowest BCUT2D eigenvalue weighted by Gasteiger charge is -2.13. The first-order chi connectivity index (χ1) is 20.9. The van der Waals surface area contributed by atoms with E-state index in [0.29, 0.717) is 41.0 Å². The molecule has 0 aliphatic carbocycles. The van der Waals surface area contributed by atoms with Crippen molar-refractivity contribution in [3.05, 3.63) is 128 Å². The molecule has 1 fully saturated rings. The average Bonchev–Trinajstić information content (AvgIpc) is 3.62. The van der Waals surface area contributed by atoms with Crippen molar-refractivity contribution in [2.45, 2.75) is 6.54 Å². The minimum atomic E-state index is -0.352. The first-order valence-corrected chi connectivity index (χ1v) is 15.3. The van der Waals surface area contributed by atoms with Crippen molar-refractivity contribution in [1.82, 2.24) is 4.68 Å². The van der Waals surface area contributed by atoms with Gasteiger partial charge >= 0.3 is 6.09 Å². The van der Waals surface area contributed by atoms with Crippen molar-refractivity contribution in [3.63, 3.8) is 0 Å². The number of ether oxygens (including phenoxy) is 2. The Morgan fingerprint density at radius 2 is 1.86 bits per heavy atom. The summed E-state index contributed by atoms with van der Waals surface area (Å²) in [5.41, 5.74) is 4.07. The van der Waals surface area contributed by atoms with Gasteiger partial charge in [-0.05, 0) is 66.2 Å². The minimum absolute atomic E-state index is 0.294. The summed E-state index contributed by atoms with van der Waals surface area (Å²) in [6.45, 7) is 1.24. The largest absolute Gasteiger partial charge is 0.457 e. The number of hydrogen-bond acceptors (Lipinski definition) is 6. The molecule has 216 valence electrons. The van der Waals surface area contributed by atoms with Gasteiger partial charge in [-0.2, -0.15) is 5.10 Å². The summed E-state index contributed by atoms with van der Waals surface area (Å²) in [5.74, 6) is 0.892. The Morgan fingerprint density at radius 1 is 1.05 bits per heavy atom. The highest BCUT2D eigenvalue weighted by atomic mass is 79.9. The summed E-state index contributed by atoms with van der Waals surface area (Å²) in [4.78, 5) is 19.1. The number of anilines is 1. The van der Waals surface area contributed by atoms with Crippen molar-refractivity contribution >= 4 is 56.9 Å². The third-order valence-electron chi connectivity index (χ3n) is 6.54. The number of cyclic esters (lactones) is 1. The Balaban J connectivity index is 1.37. The number of carbonyl (C=O) groups excluding carboxylic acids is 1. The van der Waals surface area contributed by atoms with Crippen LogP contribution in [0.4, 0.5) is 14.9 Å². The Bertz CT molecular complexity index is 1870. The van der Waals surface area contributed by atoms with Crippen molar-refractivity contribution in [2.24, 2.45) is 10.1 Å². The lowest BCUT2D eigenvalue weighted by Crippen LogP contribution is -2.23. The summed E-state index contributed by atoms with van der Waals surface area (Å²) in [7, 11) is 0. The van der Waals surface area contributed by atoms with E-state index in [9.17, 15) is 9.18 Å². The number of rotatable bonds is 8. The summed E-state index contributed by atoms with van der Waals surface area (Å²) in [6.07, 6.45) is 1.36. The molecule has 6 rings (SSSR count). The fourth-order valence-corrected chi connectivity index (χ4v) is 5.74. The first-order valence-electron chi connectivity index (χ1n) is 13.2. The van der Waals surface area contributed by atoms with E-state index in [1.165, 1.54) is 23.5 Å². The van der Waals surface area contributed by atoms with Gasteiger partial charge in [0.05, 0.1) is 25.0 Å². The van der Waals surface area contributed by atoms with Gasteiger partial charge in [0.15, 0.2) is 0 Å². The molecule has 2 heterocycles. The molecule has 5 aromatic rings. The Kier molecular flexibility index (Phi) is 8.69. The lowest BCUT2D eigenvalue weighted by atomic mass is 10.1. The van der Waals surface area contributed by atoms with Crippen LogP contribution >= 0.6 is 38.9 Å². The predicted octanol–water partition coefficient (Wildman–Crippen LogP) is 8.50. The van der Waals surface area contributed by atoms with Gasteiger partial charge in [0.2, 0.25) is 4.80 Å². The van der Waals surface area contributed by atoms with Crippen LogP contribution in [-0.2, 0) is 11.3 Å². The van der Waals surface area contributed by atoms with Crippen LogP contribution < -0.4 is 14.4 Å². The van der Waals surface area contributed by atoms with Crippen LogP contribution in [0.15, 0.2) is 111 Å². The van der Waals surface area contributed by atoms with E-state index in [1.54, 1.807) is 40.1 Å². The van der Waals surface area contributed by atoms with Crippen LogP contribution in [0, 0.1) is 5.82 Å². The number of benzene rings is 4. The van der Waals surface area contributed by atoms with E-state index in [-0.39, 0.29) is 11.9 Å². The number of carbonyl (C=O) groups is 1. The van der Waals surface area contributed by atoms with Crippen LogP contribution in [0.25, 0.3) is 11.3 Å². The van der Waals surface area contributed by atoms with Gasteiger partial charge in [-0.25, -0.2) is 13.9 Å². The highest BCUT2D eigenvalue weighted by Crippen LogP contribution is 2.30. The molecule has 4 aromatic carbocycles. The topological polar surface area (TPSA) is 68.4 Å². The average molecular weight is 678 g/mol. The summed E-state index contributed by atoms with van der Waals surface area (Å²) in [5, 5.41) is 7.39. The normalized spacial score (nSPS) is 13.6. The van der Waals surface area contributed by atoms with Crippen molar-refractivity contribution in [2.75, 3.05) is 18.1 Å². The van der Waals surface area contributed by atoms with E-state index in [1.807, 2.05) is 60.0 Å². The monoisotopic (exact) mass is 676 g/mol. The molecule has 7 nitrogen and oxygen atoms in total. The van der Waals surface area contributed by atoms with E-state index in [2.05, 4.69) is 15.9 Å². The molecular formula is C32H23BrClFN4O3S. The van der Waals surface area contributed by atoms with Gasteiger partial charge in [-0.3, -0.25) is 9.89 Å². The van der Waals surface area contributed by atoms with Crippen molar-refractivity contribution < 1.29 is 18.7 Å². The predicted molar refractivity (Wildman–Crippen MR) is 171 cm³/mol. The molecular weight excluding hydrogens is 655 g/mol. The van der Waals surface area contributed by atoms with Crippen molar-refractivity contribution in [3.8, 4) is 22.8 Å². The summed E-state index contributed by atoms with van der Waals surface area (Å²) in [6, 6.07) is 26.8. The third kappa shape index (κ3) is 6.88. The molecule has 1 amide bonds. The Morgan fingerprint density at radius 3 is 2.60 bits per heavy atom.